The Labute approximate surface area is 165 Å². The van der Waals surface area contributed by atoms with Crippen LogP contribution in [0.5, 0.6) is 0 Å². The third kappa shape index (κ3) is 3.64. The summed E-state index contributed by atoms with van der Waals surface area (Å²) in [6, 6.07) is 24.6. The maximum absolute atomic E-state index is 12.6. The van der Waals surface area contributed by atoms with Gasteiger partial charge in [0.2, 0.25) is 0 Å². The maximum atomic E-state index is 12.6. The average Bonchev–Trinajstić information content (AvgIpc) is 3.07. The van der Waals surface area contributed by atoms with E-state index in [4.69, 9.17) is 0 Å². The summed E-state index contributed by atoms with van der Waals surface area (Å²) in [5.41, 5.74) is 4.33. The zero-order chi connectivity index (χ0) is 19.3. The molecule has 142 valence electrons. The van der Waals surface area contributed by atoms with Crippen LogP contribution in [0.1, 0.15) is 22.8 Å². The molecule has 2 N–H and O–H groups in total. The first-order valence-corrected chi connectivity index (χ1v) is 9.81. The van der Waals surface area contributed by atoms with Crippen molar-refractivity contribution >= 4 is 27.7 Å². The van der Waals surface area contributed by atoms with Crippen molar-refractivity contribution in [1.29, 1.82) is 0 Å². The molecule has 0 fully saturated rings. The normalized spacial score (nSPS) is 11.2. The second-order valence-corrected chi connectivity index (χ2v) is 6.91. The van der Waals surface area contributed by atoms with E-state index in [-0.39, 0.29) is 5.91 Å². The third-order valence-corrected chi connectivity index (χ3v) is 5.11. The van der Waals surface area contributed by atoms with Crippen LogP contribution in [0.15, 0.2) is 72.8 Å². The number of nitrogens with one attached hydrogen (secondary N) is 2. The first kappa shape index (κ1) is 18.3. The SMILES string of the molecule is CCn1c2ccccc2c2cc(C(=O)NCCNCc3ccccc3)ccc21. The Morgan fingerprint density at radius 2 is 1.61 bits per heavy atom. The number of fused-ring (bicyclic) bond motifs is 3. The number of benzene rings is 3. The quantitative estimate of drug-likeness (QED) is 0.475. The molecule has 0 aliphatic heterocycles. The van der Waals surface area contributed by atoms with Gasteiger partial charge >= 0.3 is 0 Å². The van der Waals surface area contributed by atoms with Gasteiger partial charge in [0, 0.05) is 53.5 Å². The zero-order valence-corrected chi connectivity index (χ0v) is 16.1. The number of aryl methyl sites for hydroxylation is 1. The molecule has 4 heteroatoms. The van der Waals surface area contributed by atoms with Crippen LogP contribution in [0.3, 0.4) is 0 Å². The van der Waals surface area contributed by atoms with Crippen LogP contribution in [-0.4, -0.2) is 23.6 Å². The van der Waals surface area contributed by atoms with Crippen molar-refractivity contribution in [3.63, 3.8) is 0 Å². The zero-order valence-electron chi connectivity index (χ0n) is 16.1. The van der Waals surface area contributed by atoms with E-state index in [1.165, 1.54) is 22.0 Å². The lowest BCUT2D eigenvalue weighted by atomic mass is 10.1. The van der Waals surface area contributed by atoms with Gasteiger partial charge in [0.1, 0.15) is 0 Å². The van der Waals surface area contributed by atoms with Gasteiger partial charge in [-0.25, -0.2) is 0 Å². The molecule has 1 heterocycles. The van der Waals surface area contributed by atoms with Crippen molar-refractivity contribution < 1.29 is 4.79 Å². The Kier molecular flexibility index (Phi) is 5.40. The van der Waals surface area contributed by atoms with E-state index in [0.29, 0.717) is 12.1 Å². The Morgan fingerprint density at radius 1 is 0.857 bits per heavy atom. The largest absolute Gasteiger partial charge is 0.351 e. The average molecular weight is 371 g/mol. The van der Waals surface area contributed by atoms with E-state index in [2.05, 4.69) is 58.5 Å². The van der Waals surface area contributed by atoms with Crippen molar-refractivity contribution in [2.24, 2.45) is 0 Å². The van der Waals surface area contributed by atoms with E-state index in [0.717, 1.165) is 25.0 Å². The minimum absolute atomic E-state index is 0.0308. The molecule has 0 aliphatic rings. The van der Waals surface area contributed by atoms with Crippen molar-refractivity contribution in [3.05, 3.63) is 83.9 Å². The molecule has 0 saturated heterocycles. The third-order valence-electron chi connectivity index (χ3n) is 5.11. The summed E-state index contributed by atoms with van der Waals surface area (Å²) in [4.78, 5) is 12.6. The molecule has 0 spiro atoms. The molecule has 1 aromatic heterocycles. The molecule has 4 nitrogen and oxygen atoms in total. The lowest BCUT2D eigenvalue weighted by molar-refractivity contribution is 0.0954. The molecule has 0 radical (unpaired) electrons. The smallest absolute Gasteiger partial charge is 0.251 e. The molecule has 0 saturated carbocycles. The molecular formula is C24H25N3O. The Balaban J connectivity index is 1.42. The first-order valence-electron chi connectivity index (χ1n) is 9.81. The summed E-state index contributed by atoms with van der Waals surface area (Å²) < 4.78 is 2.29. The van der Waals surface area contributed by atoms with Crippen LogP contribution in [0.25, 0.3) is 21.8 Å². The molecule has 0 unspecified atom stereocenters. The van der Waals surface area contributed by atoms with E-state index >= 15 is 0 Å². The van der Waals surface area contributed by atoms with Crippen molar-refractivity contribution in [1.82, 2.24) is 15.2 Å². The van der Waals surface area contributed by atoms with Gasteiger partial charge in [-0.2, -0.15) is 0 Å². The Hall–Kier alpha value is -3.11. The maximum Gasteiger partial charge on any atom is 0.251 e. The summed E-state index contributed by atoms with van der Waals surface area (Å²) >= 11 is 0. The summed E-state index contributed by atoms with van der Waals surface area (Å²) in [6.07, 6.45) is 0. The van der Waals surface area contributed by atoms with Gasteiger partial charge < -0.3 is 15.2 Å². The molecule has 0 bridgehead atoms. The minimum Gasteiger partial charge on any atom is -0.351 e. The van der Waals surface area contributed by atoms with Gasteiger partial charge in [-0.15, -0.1) is 0 Å². The fourth-order valence-corrected chi connectivity index (χ4v) is 3.73. The van der Waals surface area contributed by atoms with E-state index < -0.39 is 0 Å². The first-order chi connectivity index (χ1) is 13.8. The number of amides is 1. The van der Waals surface area contributed by atoms with Crippen molar-refractivity contribution in [3.8, 4) is 0 Å². The van der Waals surface area contributed by atoms with E-state index in [1.807, 2.05) is 36.4 Å². The van der Waals surface area contributed by atoms with Crippen molar-refractivity contribution in [2.75, 3.05) is 13.1 Å². The monoisotopic (exact) mass is 371 g/mol. The van der Waals surface area contributed by atoms with Gasteiger partial charge in [0.05, 0.1) is 0 Å². The number of hydrogen-bond acceptors (Lipinski definition) is 2. The number of rotatable bonds is 7. The molecule has 28 heavy (non-hydrogen) atoms. The summed E-state index contributed by atoms with van der Waals surface area (Å²) in [6.45, 7) is 5.19. The van der Waals surface area contributed by atoms with Crippen LogP contribution in [0.2, 0.25) is 0 Å². The molecule has 4 rings (SSSR count). The molecule has 1 amide bonds. The van der Waals surface area contributed by atoms with Crippen LogP contribution in [0.4, 0.5) is 0 Å². The lowest BCUT2D eigenvalue weighted by Crippen LogP contribution is -2.31. The summed E-state index contributed by atoms with van der Waals surface area (Å²) in [5, 5.41) is 8.69. The lowest BCUT2D eigenvalue weighted by Gasteiger charge is -2.08. The molecular weight excluding hydrogens is 346 g/mol. The number of para-hydroxylation sites is 1. The number of carbonyl (C=O) groups is 1. The predicted molar refractivity (Wildman–Crippen MR) is 116 cm³/mol. The second-order valence-electron chi connectivity index (χ2n) is 6.91. The van der Waals surface area contributed by atoms with Crippen LogP contribution < -0.4 is 10.6 Å². The van der Waals surface area contributed by atoms with Crippen LogP contribution in [-0.2, 0) is 13.1 Å². The number of nitrogens with zero attached hydrogens (tertiary/aromatic N) is 1. The second kappa shape index (κ2) is 8.28. The summed E-state index contributed by atoms with van der Waals surface area (Å²) in [7, 11) is 0. The minimum atomic E-state index is -0.0308. The molecule has 4 aromatic rings. The highest BCUT2D eigenvalue weighted by Crippen LogP contribution is 2.29. The molecule has 3 aromatic carbocycles. The summed E-state index contributed by atoms with van der Waals surface area (Å²) in [5.74, 6) is -0.0308. The van der Waals surface area contributed by atoms with Crippen LogP contribution in [0, 0.1) is 0 Å². The van der Waals surface area contributed by atoms with E-state index in [1.54, 1.807) is 0 Å². The topological polar surface area (TPSA) is 46.1 Å². The highest BCUT2D eigenvalue weighted by molar-refractivity contribution is 6.10. The van der Waals surface area contributed by atoms with Gasteiger partial charge in [0.15, 0.2) is 0 Å². The fraction of sp³-hybridized carbons (Fsp3) is 0.208. The Bertz CT molecular complexity index is 1100. The number of carbonyl (C=O) groups excluding carboxylic acids is 1. The fourth-order valence-electron chi connectivity index (χ4n) is 3.73. The van der Waals surface area contributed by atoms with Crippen LogP contribution >= 0.6 is 0 Å². The molecule has 0 atom stereocenters. The number of hydrogen-bond donors (Lipinski definition) is 2. The Morgan fingerprint density at radius 3 is 2.43 bits per heavy atom. The van der Waals surface area contributed by atoms with Gasteiger partial charge in [0.25, 0.3) is 5.91 Å². The van der Waals surface area contributed by atoms with E-state index in [9.17, 15) is 4.79 Å². The van der Waals surface area contributed by atoms with Crippen molar-refractivity contribution in [2.45, 2.75) is 20.0 Å². The predicted octanol–water partition coefficient (Wildman–Crippen LogP) is 4.33. The van der Waals surface area contributed by atoms with Gasteiger partial charge in [-0.1, -0.05) is 48.5 Å². The van der Waals surface area contributed by atoms with Gasteiger partial charge in [-0.3, -0.25) is 4.79 Å². The van der Waals surface area contributed by atoms with Gasteiger partial charge in [-0.05, 0) is 36.8 Å². The highest BCUT2D eigenvalue weighted by atomic mass is 16.1. The number of aromatic nitrogens is 1. The standard InChI is InChI=1S/C24H25N3O/c1-2-27-22-11-7-6-10-20(22)21-16-19(12-13-23(21)27)24(28)26-15-14-25-17-18-8-4-3-5-9-18/h3-13,16,25H,2,14-15,17H2,1H3,(H,26,28). The highest BCUT2D eigenvalue weighted by Gasteiger charge is 2.12. The molecule has 0 aliphatic carbocycles.